The van der Waals surface area contributed by atoms with Crippen LogP contribution in [0, 0.1) is 0 Å². The van der Waals surface area contributed by atoms with E-state index in [1.54, 1.807) is 36.7 Å². The molecular weight excluding hydrogens is 258 g/mol. The van der Waals surface area contributed by atoms with Crippen LogP contribution in [-0.2, 0) is 13.0 Å². The second-order valence-electron chi connectivity index (χ2n) is 4.09. The smallest absolute Gasteiger partial charge is 0.253 e. The number of anilines is 1. The van der Waals surface area contributed by atoms with Gasteiger partial charge in [0.15, 0.2) is 0 Å². The van der Waals surface area contributed by atoms with Crippen LogP contribution < -0.4 is 10.6 Å². The Hall–Kier alpha value is -1.88. The number of nitrogens with one attached hydrogen (secondary N) is 2. The Kier molecular flexibility index (Phi) is 4.52. The fraction of sp³-hybridized carbons (Fsp3) is 0.286. The molecule has 1 amide bonds. The third kappa shape index (κ3) is 3.54. The molecule has 0 radical (unpaired) electrons. The van der Waals surface area contributed by atoms with Crippen LogP contribution in [0.15, 0.2) is 30.5 Å². The van der Waals surface area contributed by atoms with Crippen LogP contribution in [0.3, 0.4) is 0 Å². The van der Waals surface area contributed by atoms with Crippen molar-refractivity contribution in [3.05, 3.63) is 45.8 Å². The molecule has 2 aromatic heterocycles. The lowest BCUT2D eigenvalue weighted by atomic mass is 10.2. The Balaban J connectivity index is 1.93. The second-order valence-corrected chi connectivity index (χ2v) is 5.34. The number of carbonyl (C=O) groups is 1. The maximum atomic E-state index is 11.9. The summed E-state index contributed by atoms with van der Waals surface area (Å²) in [7, 11) is 1.80. The monoisotopic (exact) mass is 275 g/mol. The molecule has 2 aromatic rings. The third-order valence-electron chi connectivity index (χ3n) is 2.77. The van der Waals surface area contributed by atoms with E-state index in [-0.39, 0.29) is 5.91 Å². The lowest BCUT2D eigenvalue weighted by Crippen LogP contribution is -2.22. The molecule has 2 heterocycles. The minimum absolute atomic E-state index is 0.0957. The molecule has 0 aliphatic carbocycles. The van der Waals surface area contributed by atoms with Gasteiger partial charge in [-0.05, 0) is 30.7 Å². The van der Waals surface area contributed by atoms with Crippen molar-refractivity contribution in [2.45, 2.75) is 19.9 Å². The summed E-state index contributed by atoms with van der Waals surface area (Å²) in [5.74, 6) is 0.656. The molecule has 0 saturated carbocycles. The maximum Gasteiger partial charge on any atom is 0.253 e. The first-order valence-electron chi connectivity index (χ1n) is 6.22. The van der Waals surface area contributed by atoms with E-state index in [2.05, 4.69) is 34.7 Å². The zero-order valence-electron chi connectivity index (χ0n) is 11.1. The van der Waals surface area contributed by atoms with Gasteiger partial charge in [-0.15, -0.1) is 11.3 Å². The van der Waals surface area contributed by atoms with Gasteiger partial charge in [0.1, 0.15) is 5.82 Å². The highest BCUT2D eigenvalue weighted by Gasteiger charge is 2.06. The van der Waals surface area contributed by atoms with E-state index >= 15 is 0 Å². The summed E-state index contributed by atoms with van der Waals surface area (Å²) < 4.78 is 0. The Morgan fingerprint density at radius 1 is 1.26 bits per heavy atom. The van der Waals surface area contributed by atoms with Gasteiger partial charge in [0.2, 0.25) is 0 Å². The van der Waals surface area contributed by atoms with Crippen molar-refractivity contribution < 1.29 is 4.79 Å². The fourth-order valence-electron chi connectivity index (χ4n) is 1.65. The van der Waals surface area contributed by atoms with Gasteiger partial charge < -0.3 is 10.6 Å². The number of hydrogen-bond donors (Lipinski definition) is 2. The first-order chi connectivity index (χ1) is 9.22. The molecule has 4 nitrogen and oxygen atoms in total. The van der Waals surface area contributed by atoms with Crippen LogP contribution >= 0.6 is 11.3 Å². The van der Waals surface area contributed by atoms with Gasteiger partial charge in [0, 0.05) is 23.0 Å². The average Bonchev–Trinajstić information content (AvgIpc) is 2.93. The van der Waals surface area contributed by atoms with Crippen molar-refractivity contribution >= 4 is 23.1 Å². The second kappa shape index (κ2) is 6.33. The topological polar surface area (TPSA) is 54.0 Å². The van der Waals surface area contributed by atoms with Gasteiger partial charge >= 0.3 is 0 Å². The summed E-state index contributed by atoms with van der Waals surface area (Å²) in [6.45, 7) is 2.69. The molecule has 0 spiro atoms. The largest absolute Gasteiger partial charge is 0.373 e. The van der Waals surface area contributed by atoms with Gasteiger partial charge in [-0.2, -0.15) is 0 Å². The van der Waals surface area contributed by atoms with Crippen molar-refractivity contribution in [2.24, 2.45) is 0 Å². The quantitative estimate of drug-likeness (QED) is 0.882. The van der Waals surface area contributed by atoms with E-state index in [1.807, 2.05) is 0 Å². The van der Waals surface area contributed by atoms with Crippen molar-refractivity contribution in [1.29, 1.82) is 0 Å². The van der Waals surface area contributed by atoms with Gasteiger partial charge in [0.05, 0.1) is 12.1 Å². The molecule has 0 saturated heterocycles. The Bertz CT molecular complexity index is 548. The fourth-order valence-corrected chi connectivity index (χ4v) is 2.55. The van der Waals surface area contributed by atoms with Crippen molar-refractivity contribution in [3.63, 3.8) is 0 Å². The standard InChI is InChI=1S/C14H17N3OS/c1-3-11-5-6-12(19-11)9-17-14(18)10-4-7-13(15-2)16-8-10/h4-8H,3,9H2,1-2H3,(H,15,16)(H,17,18). The summed E-state index contributed by atoms with van der Waals surface area (Å²) in [5, 5.41) is 5.82. The first-order valence-corrected chi connectivity index (χ1v) is 7.04. The Morgan fingerprint density at radius 2 is 2.05 bits per heavy atom. The molecule has 19 heavy (non-hydrogen) atoms. The van der Waals surface area contributed by atoms with Crippen LogP contribution in [0.2, 0.25) is 0 Å². The van der Waals surface area contributed by atoms with E-state index in [0.29, 0.717) is 12.1 Å². The van der Waals surface area contributed by atoms with Crippen LogP contribution in [0.1, 0.15) is 27.0 Å². The van der Waals surface area contributed by atoms with Gasteiger partial charge in [-0.1, -0.05) is 6.92 Å². The van der Waals surface area contributed by atoms with E-state index < -0.39 is 0 Å². The summed E-state index contributed by atoms with van der Waals surface area (Å²) in [6, 6.07) is 7.72. The molecule has 2 rings (SSSR count). The van der Waals surface area contributed by atoms with Crippen LogP contribution in [0.5, 0.6) is 0 Å². The summed E-state index contributed by atoms with van der Waals surface area (Å²) >= 11 is 1.74. The van der Waals surface area contributed by atoms with Gasteiger partial charge in [-0.25, -0.2) is 4.98 Å². The van der Waals surface area contributed by atoms with Crippen LogP contribution in [0.25, 0.3) is 0 Å². The highest BCUT2D eigenvalue weighted by Crippen LogP contribution is 2.16. The minimum atomic E-state index is -0.0957. The molecule has 2 N–H and O–H groups in total. The zero-order chi connectivity index (χ0) is 13.7. The summed E-state index contributed by atoms with van der Waals surface area (Å²) in [5.41, 5.74) is 0.575. The van der Waals surface area contributed by atoms with E-state index in [1.165, 1.54) is 9.75 Å². The predicted octanol–water partition coefficient (Wildman–Crippen LogP) is 2.68. The molecular formula is C14H17N3OS. The zero-order valence-corrected chi connectivity index (χ0v) is 11.9. The Morgan fingerprint density at radius 3 is 2.63 bits per heavy atom. The van der Waals surface area contributed by atoms with Crippen molar-refractivity contribution in [1.82, 2.24) is 10.3 Å². The van der Waals surface area contributed by atoms with E-state index in [9.17, 15) is 4.79 Å². The molecule has 100 valence electrons. The third-order valence-corrected chi connectivity index (χ3v) is 4.00. The predicted molar refractivity (Wildman–Crippen MR) is 78.7 cm³/mol. The molecule has 0 aromatic carbocycles. The summed E-state index contributed by atoms with van der Waals surface area (Å²) in [4.78, 5) is 18.6. The number of amides is 1. The number of carbonyl (C=O) groups excluding carboxylic acids is 1. The molecule has 0 unspecified atom stereocenters. The van der Waals surface area contributed by atoms with Crippen molar-refractivity contribution in [2.75, 3.05) is 12.4 Å². The first kappa shape index (κ1) is 13.5. The van der Waals surface area contributed by atoms with Crippen molar-refractivity contribution in [3.8, 4) is 0 Å². The highest BCUT2D eigenvalue weighted by atomic mass is 32.1. The molecule has 0 atom stereocenters. The number of aryl methyl sites for hydroxylation is 1. The van der Waals surface area contributed by atoms with Crippen LogP contribution in [0.4, 0.5) is 5.82 Å². The lowest BCUT2D eigenvalue weighted by molar-refractivity contribution is 0.0951. The number of nitrogens with zero attached hydrogens (tertiary/aromatic N) is 1. The number of aromatic nitrogens is 1. The SMILES string of the molecule is CCc1ccc(CNC(=O)c2ccc(NC)nc2)s1. The number of hydrogen-bond acceptors (Lipinski definition) is 4. The lowest BCUT2D eigenvalue weighted by Gasteiger charge is -2.04. The minimum Gasteiger partial charge on any atom is -0.373 e. The number of thiophene rings is 1. The van der Waals surface area contributed by atoms with E-state index in [4.69, 9.17) is 0 Å². The highest BCUT2D eigenvalue weighted by molar-refractivity contribution is 7.11. The number of rotatable bonds is 5. The van der Waals surface area contributed by atoms with Crippen LogP contribution in [-0.4, -0.2) is 17.9 Å². The number of pyridine rings is 1. The maximum absolute atomic E-state index is 11.9. The van der Waals surface area contributed by atoms with Gasteiger partial charge in [-0.3, -0.25) is 4.79 Å². The molecule has 0 bridgehead atoms. The molecule has 0 aliphatic rings. The van der Waals surface area contributed by atoms with Gasteiger partial charge in [0.25, 0.3) is 5.91 Å². The average molecular weight is 275 g/mol. The normalized spacial score (nSPS) is 10.2. The molecule has 0 fully saturated rings. The van der Waals surface area contributed by atoms with E-state index in [0.717, 1.165) is 12.2 Å². The molecule has 0 aliphatic heterocycles. The summed E-state index contributed by atoms with van der Waals surface area (Å²) in [6.07, 6.45) is 2.61. The Labute approximate surface area is 116 Å². The molecule has 5 heteroatoms.